The number of fused-ring (bicyclic) bond motifs is 1. The molecular weight excluding hydrogens is 540 g/mol. The quantitative estimate of drug-likeness (QED) is 0.213. The lowest BCUT2D eigenvalue weighted by Crippen LogP contribution is -2.38. The number of aryl methyl sites for hydroxylation is 1. The van der Waals surface area contributed by atoms with Crippen LogP contribution in [0.1, 0.15) is 47.7 Å². The van der Waals surface area contributed by atoms with Gasteiger partial charge in [0.2, 0.25) is 5.95 Å². The van der Waals surface area contributed by atoms with E-state index in [0.717, 1.165) is 49.1 Å². The van der Waals surface area contributed by atoms with Crippen LogP contribution in [0.2, 0.25) is 0 Å². The van der Waals surface area contributed by atoms with Crippen LogP contribution >= 0.6 is 0 Å². The lowest BCUT2D eigenvalue weighted by molar-refractivity contribution is 0.0991. The van der Waals surface area contributed by atoms with Gasteiger partial charge in [-0.1, -0.05) is 0 Å². The average molecular weight is 572 g/mol. The molecule has 0 bridgehead atoms. The second-order valence-electron chi connectivity index (χ2n) is 10.8. The number of aromatic nitrogens is 6. The number of aliphatic hydroxyl groups excluding tert-OH is 1. The third kappa shape index (κ3) is 5.70. The van der Waals surface area contributed by atoms with Gasteiger partial charge in [0, 0.05) is 49.1 Å². The van der Waals surface area contributed by atoms with E-state index in [9.17, 15) is 18.7 Å². The van der Waals surface area contributed by atoms with Crippen LogP contribution in [0.25, 0.3) is 28.3 Å². The van der Waals surface area contributed by atoms with Crippen molar-refractivity contribution in [2.45, 2.75) is 45.3 Å². The molecule has 0 unspecified atom stereocenters. The van der Waals surface area contributed by atoms with Crippen molar-refractivity contribution in [3.63, 3.8) is 0 Å². The van der Waals surface area contributed by atoms with E-state index in [4.69, 9.17) is 10.1 Å². The summed E-state index contributed by atoms with van der Waals surface area (Å²) in [4.78, 5) is 28.0. The molecule has 0 saturated carbocycles. The van der Waals surface area contributed by atoms with Crippen molar-refractivity contribution < 1.29 is 18.7 Å². The first kappa shape index (κ1) is 27.8. The van der Waals surface area contributed by atoms with Gasteiger partial charge in [0.1, 0.15) is 17.3 Å². The minimum atomic E-state index is -0.709. The fourth-order valence-electron chi connectivity index (χ4n) is 5.76. The Morgan fingerprint density at radius 1 is 1.07 bits per heavy atom. The molecule has 6 rings (SSSR count). The van der Waals surface area contributed by atoms with Gasteiger partial charge in [-0.3, -0.25) is 4.79 Å². The highest BCUT2D eigenvalue weighted by Gasteiger charge is 2.28. The molecule has 1 fully saturated rings. The second-order valence-corrected chi connectivity index (χ2v) is 10.8. The Balaban J connectivity index is 1.37. The molecule has 1 N–H and O–H groups in total. The molecule has 42 heavy (non-hydrogen) atoms. The van der Waals surface area contributed by atoms with Crippen LogP contribution in [-0.2, 0) is 6.42 Å². The van der Waals surface area contributed by atoms with E-state index in [1.807, 2.05) is 19.1 Å². The first-order chi connectivity index (χ1) is 20.2. The largest absolute Gasteiger partial charge is 0.392 e. The maximum absolute atomic E-state index is 13.8. The van der Waals surface area contributed by atoms with Gasteiger partial charge in [0.25, 0.3) is 0 Å². The highest BCUT2D eigenvalue weighted by atomic mass is 19.1. The van der Waals surface area contributed by atoms with Gasteiger partial charge in [0.05, 0.1) is 35.8 Å². The van der Waals surface area contributed by atoms with Crippen molar-refractivity contribution in [3.8, 4) is 22.6 Å². The molecule has 1 aliphatic heterocycles. The van der Waals surface area contributed by atoms with Gasteiger partial charge in [-0.25, -0.2) is 23.9 Å². The molecule has 0 amide bonds. The molecule has 1 atom stereocenters. The number of piperidine rings is 1. The van der Waals surface area contributed by atoms with Crippen LogP contribution in [-0.4, -0.2) is 70.7 Å². The van der Waals surface area contributed by atoms with Crippen LogP contribution < -0.4 is 0 Å². The van der Waals surface area contributed by atoms with E-state index < -0.39 is 5.95 Å². The molecule has 1 aliphatic rings. The summed E-state index contributed by atoms with van der Waals surface area (Å²) < 4.78 is 31.2. The van der Waals surface area contributed by atoms with Gasteiger partial charge < -0.3 is 14.6 Å². The highest BCUT2D eigenvalue weighted by molar-refractivity contribution is 5.97. The molecule has 5 aromatic rings. The number of pyridine rings is 1. The van der Waals surface area contributed by atoms with Crippen molar-refractivity contribution in [3.05, 3.63) is 89.8 Å². The summed E-state index contributed by atoms with van der Waals surface area (Å²) in [5, 5.41) is 14.7. The Labute approximate surface area is 241 Å². The number of Topliss-reactive ketones (excluding diaryl/α,β-unsaturated/α-hetero) is 1. The third-order valence-corrected chi connectivity index (χ3v) is 7.65. The average Bonchev–Trinajstić information content (AvgIpc) is 3.53. The van der Waals surface area contributed by atoms with Gasteiger partial charge in [-0.05, 0) is 69.2 Å². The number of β-amino-alcohol motifs (C(OH)–C–C–N with tert-alkyl or cyclic N) is 1. The molecule has 4 aromatic heterocycles. The number of hydrogen-bond acceptors (Lipinski definition) is 7. The molecule has 5 heterocycles. The zero-order valence-corrected chi connectivity index (χ0v) is 23.4. The fourth-order valence-corrected chi connectivity index (χ4v) is 5.76. The second kappa shape index (κ2) is 11.5. The summed E-state index contributed by atoms with van der Waals surface area (Å²) in [7, 11) is 0. The molecule has 1 aromatic carbocycles. The summed E-state index contributed by atoms with van der Waals surface area (Å²) >= 11 is 0. The van der Waals surface area contributed by atoms with Crippen molar-refractivity contribution in [1.29, 1.82) is 0 Å². The van der Waals surface area contributed by atoms with Crippen LogP contribution in [0.5, 0.6) is 0 Å². The van der Waals surface area contributed by atoms with E-state index in [-0.39, 0.29) is 35.7 Å². The molecule has 9 nitrogen and oxygen atoms in total. The van der Waals surface area contributed by atoms with E-state index in [0.29, 0.717) is 29.3 Å². The normalized spacial score (nSPS) is 15.4. The number of likely N-dealkylation sites (tertiary alicyclic amines) is 1. The van der Waals surface area contributed by atoms with Crippen LogP contribution in [0.4, 0.5) is 8.78 Å². The summed E-state index contributed by atoms with van der Waals surface area (Å²) in [5.74, 6) is -0.466. The van der Waals surface area contributed by atoms with Crippen molar-refractivity contribution >= 4 is 11.4 Å². The SMILES string of the molecule is Cc1nc(-c2ccc(F)cc2)c(-c2ccc3nc(CC(=O)c4ccnc(F)c4)cn3n2)n1C1CCN(C[C@H](C)O)CC1. The Kier molecular flexibility index (Phi) is 7.61. The van der Waals surface area contributed by atoms with E-state index in [1.165, 1.54) is 24.4 Å². The molecule has 1 saturated heterocycles. The molecule has 0 aliphatic carbocycles. The number of carbonyl (C=O) groups is 1. The Morgan fingerprint density at radius 2 is 1.83 bits per heavy atom. The molecule has 0 radical (unpaired) electrons. The fraction of sp³-hybridized carbons (Fsp3) is 0.323. The van der Waals surface area contributed by atoms with Gasteiger partial charge in [-0.15, -0.1) is 0 Å². The van der Waals surface area contributed by atoms with Crippen LogP contribution in [0.15, 0.2) is 60.9 Å². The predicted octanol–water partition coefficient (Wildman–Crippen LogP) is 4.68. The lowest BCUT2D eigenvalue weighted by atomic mass is 10.0. The Morgan fingerprint density at radius 3 is 2.55 bits per heavy atom. The zero-order valence-electron chi connectivity index (χ0n) is 23.4. The number of hydrogen-bond donors (Lipinski definition) is 1. The number of imidazole rings is 2. The maximum atomic E-state index is 13.8. The number of rotatable bonds is 8. The zero-order chi connectivity index (χ0) is 29.4. The van der Waals surface area contributed by atoms with Crippen molar-refractivity contribution in [2.75, 3.05) is 19.6 Å². The van der Waals surface area contributed by atoms with Crippen LogP contribution in [0, 0.1) is 18.7 Å². The first-order valence-electron chi connectivity index (χ1n) is 14.0. The number of aliphatic hydroxyl groups is 1. The number of carbonyl (C=O) groups excluding carboxylic acids is 1. The van der Waals surface area contributed by atoms with E-state index in [2.05, 4.69) is 19.4 Å². The minimum Gasteiger partial charge on any atom is -0.392 e. The molecule has 0 spiro atoms. The number of halogens is 2. The summed E-state index contributed by atoms with van der Waals surface area (Å²) in [6.45, 7) is 6.12. The maximum Gasteiger partial charge on any atom is 0.213 e. The van der Waals surface area contributed by atoms with Gasteiger partial charge in [0.15, 0.2) is 11.4 Å². The number of nitrogens with zero attached hydrogens (tertiary/aromatic N) is 7. The van der Waals surface area contributed by atoms with E-state index in [1.54, 1.807) is 29.8 Å². The Bertz CT molecular complexity index is 1740. The lowest BCUT2D eigenvalue weighted by Gasteiger charge is -2.34. The molecular formula is C31H31F2N7O2. The standard InChI is InChI=1S/C31H31F2N7O2/c1-19(41)17-38-13-10-25(11-14-38)40-20(2)35-30(21-3-5-23(32)6-4-21)31(40)26-7-8-29-36-24(18-39(29)37-26)16-27(42)22-9-12-34-28(33)15-22/h3-9,12,15,18-19,25,41H,10-11,13-14,16-17H2,1-2H3/t19-/m0/s1. The monoisotopic (exact) mass is 571 g/mol. The smallest absolute Gasteiger partial charge is 0.213 e. The first-order valence-corrected chi connectivity index (χ1v) is 14.0. The molecule has 216 valence electrons. The van der Waals surface area contributed by atoms with Crippen LogP contribution in [0.3, 0.4) is 0 Å². The number of benzene rings is 1. The minimum absolute atomic E-state index is 0.00888. The molecule has 11 heteroatoms. The van der Waals surface area contributed by atoms with Crippen molar-refractivity contribution in [2.24, 2.45) is 0 Å². The summed E-state index contributed by atoms with van der Waals surface area (Å²) in [6, 6.07) is 12.8. The third-order valence-electron chi connectivity index (χ3n) is 7.65. The topological polar surface area (TPSA) is 101 Å². The van der Waals surface area contributed by atoms with Gasteiger partial charge in [-0.2, -0.15) is 9.49 Å². The van der Waals surface area contributed by atoms with E-state index >= 15 is 0 Å². The van der Waals surface area contributed by atoms with Crippen molar-refractivity contribution in [1.82, 2.24) is 34.0 Å². The predicted molar refractivity (Wildman–Crippen MR) is 153 cm³/mol. The Hall–Kier alpha value is -4.35. The highest BCUT2D eigenvalue weighted by Crippen LogP contribution is 2.37. The number of ketones is 1. The summed E-state index contributed by atoms with van der Waals surface area (Å²) in [6.07, 6.45) is 4.35. The van der Waals surface area contributed by atoms with Gasteiger partial charge >= 0.3 is 0 Å². The summed E-state index contributed by atoms with van der Waals surface area (Å²) in [5.41, 5.74) is 4.30.